The van der Waals surface area contributed by atoms with E-state index in [0.717, 1.165) is 33.3 Å². The van der Waals surface area contributed by atoms with Crippen molar-refractivity contribution in [1.29, 1.82) is 0 Å². The van der Waals surface area contributed by atoms with E-state index in [2.05, 4.69) is 0 Å². The molecule has 0 atom stereocenters. The van der Waals surface area contributed by atoms with Crippen LogP contribution in [0.4, 0.5) is 5.69 Å². The Morgan fingerprint density at radius 2 is 1.76 bits per heavy atom. The highest BCUT2D eigenvalue weighted by molar-refractivity contribution is 7.13. The van der Waals surface area contributed by atoms with Gasteiger partial charge in [-0.05, 0) is 25.1 Å². The zero-order chi connectivity index (χ0) is 14.7. The van der Waals surface area contributed by atoms with E-state index >= 15 is 0 Å². The number of thiazole rings is 1. The molecule has 0 radical (unpaired) electrons. The lowest BCUT2D eigenvalue weighted by Gasteiger charge is -2.07. The number of aromatic nitrogens is 1. The SMILES string of the molecule is CCOc1ccccc1-c1nc(-c2ccccc2N)cs1. The second-order valence-electron chi connectivity index (χ2n) is 4.55. The molecule has 0 bridgehead atoms. The minimum absolute atomic E-state index is 0.640. The number of ether oxygens (including phenoxy) is 1. The van der Waals surface area contributed by atoms with Crippen molar-refractivity contribution in [2.45, 2.75) is 6.92 Å². The fraction of sp³-hybridized carbons (Fsp3) is 0.118. The highest BCUT2D eigenvalue weighted by atomic mass is 32.1. The summed E-state index contributed by atoms with van der Waals surface area (Å²) >= 11 is 1.60. The fourth-order valence-corrected chi connectivity index (χ4v) is 3.03. The number of benzene rings is 2. The van der Waals surface area contributed by atoms with Gasteiger partial charge < -0.3 is 10.5 Å². The third-order valence-electron chi connectivity index (χ3n) is 3.16. The number of anilines is 1. The summed E-state index contributed by atoms with van der Waals surface area (Å²) in [6.45, 7) is 2.62. The van der Waals surface area contributed by atoms with E-state index in [1.54, 1.807) is 11.3 Å². The number of nitrogen functional groups attached to an aromatic ring is 1. The first-order valence-electron chi connectivity index (χ1n) is 6.82. The molecule has 0 aliphatic heterocycles. The monoisotopic (exact) mass is 296 g/mol. The molecule has 3 rings (SSSR count). The van der Waals surface area contributed by atoms with Gasteiger partial charge in [0, 0.05) is 16.6 Å². The molecule has 0 aliphatic carbocycles. The molecular formula is C17H16N2OS. The largest absolute Gasteiger partial charge is 0.493 e. The third kappa shape index (κ3) is 2.76. The van der Waals surface area contributed by atoms with Gasteiger partial charge in [0.2, 0.25) is 0 Å². The van der Waals surface area contributed by atoms with Crippen molar-refractivity contribution >= 4 is 17.0 Å². The highest BCUT2D eigenvalue weighted by Gasteiger charge is 2.12. The molecular weight excluding hydrogens is 280 g/mol. The molecule has 0 saturated carbocycles. The van der Waals surface area contributed by atoms with Crippen molar-refractivity contribution in [3.63, 3.8) is 0 Å². The van der Waals surface area contributed by atoms with Crippen molar-refractivity contribution in [1.82, 2.24) is 4.98 Å². The van der Waals surface area contributed by atoms with Crippen LogP contribution in [0.25, 0.3) is 21.8 Å². The number of nitrogens with zero attached hydrogens (tertiary/aromatic N) is 1. The van der Waals surface area contributed by atoms with E-state index in [-0.39, 0.29) is 0 Å². The van der Waals surface area contributed by atoms with E-state index in [4.69, 9.17) is 15.5 Å². The maximum absolute atomic E-state index is 6.02. The first-order chi connectivity index (χ1) is 10.3. The predicted octanol–water partition coefficient (Wildman–Crippen LogP) is 4.46. The molecule has 106 valence electrons. The molecule has 4 heteroatoms. The van der Waals surface area contributed by atoms with Gasteiger partial charge in [0.15, 0.2) is 0 Å². The first kappa shape index (κ1) is 13.6. The van der Waals surface area contributed by atoms with Crippen LogP contribution in [-0.4, -0.2) is 11.6 Å². The van der Waals surface area contributed by atoms with Crippen LogP contribution in [0.3, 0.4) is 0 Å². The van der Waals surface area contributed by atoms with Gasteiger partial charge >= 0.3 is 0 Å². The summed E-state index contributed by atoms with van der Waals surface area (Å²) in [5.41, 5.74) is 9.65. The van der Waals surface area contributed by atoms with Crippen molar-refractivity contribution in [3.05, 3.63) is 53.9 Å². The molecule has 1 aromatic heterocycles. The Morgan fingerprint density at radius 1 is 1.05 bits per heavy atom. The van der Waals surface area contributed by atoms with Crippen LogP contribution in [-0.2, 0) is 0 Å². The maximum Gasteiger partial charge on any atom is 0.129 e. The minimum Gasteiger partial charge on any atom is -0.493 e. The fourth-order valence-electron chi connectivity index (χ4n) is 2.18. The molecule has 0 amide bonds. The lowest BCUT2D eigenvalue weighted by molar-refractivity contribution is 0.341. The van der Waals surface area contributed by atoms with E-state index in [0.29, 0.717) is 6.61 Å². The second kappa shape index (κ2) is 5.97. The van der Waals surface area contributed by atoms with Crippen molar-refractivity contribution in [3.8, 4) is 27.6 Å². The third-order valence-corrected chi connectivity index (χ3v) is 4.03. The number of hydrogen-bond acceptors (Lipinski definition) is 4. The summed E-state index contributed by atoms with van der Waals surface area (Å²) in [6, 6.07) is 15.7. The Morgan fingerprint density at radius 3 is 2.52 bits per heavy atom. The molecule has 3 aromatic rings. The first-order valence-corrected chi connectivity index (χ1v) is 7.70. The average molecular weight is 296 g/mol. The van der Waals surface area contributed by atoms with Crippen LogP contribution in [0.15, 0.2) is 53.9 Å². The number of para-hydroxylation sites is 2. The van der Waals surface area contributed by atoms with Crippen LogP contribution in [0.1, 0.15) is 6.92 Å². The Bertz CT molecular complexity index is 752. The van der Waals surface area contributed by atoms with Crippen molar-refractivity contribution in [2.75, 3.05) is 12.3 Å². The maximum atomic E-state index is 6.02. The molecule has 2 N–H and O–H groups in total. The van der Waals surface area contributed by atoms with Gasteiger partial charge in [-0.25, -0.2) is 4.98 Å². The van der Waals surface area contributed by atoms with E-state index in [9.17, 15) is 0 Å². The van der Waals surface area contributed by atoms with Crippen LogP contribution in [0.2, 0.25) is 0 Å². The van der Waals surface area contributed by atoms with Gasteiger partial charge in [-0.1, -0.05) is 30.3 Å². The highest BCUT2D eigenvalue weighted by Crippen LogP contribution is 2.35. The van der Waals surface area contributed by atoms with Gasteiger partial charge in [-0.15, -0.1) is 11.3 Å². The second-order valence-corrected chi connectivity index (χ2v) is 5.41. The predicted molar refractivity (Wildman–Crippen MR) is 88.6 cm³/mol. The Kier molecular flexibility index (Phi) is 3.88. The summed E-state index contributed by atoms with van der Waals surface area (Å²) in [4.78, 5) is 4.71. The summed E-state index contributed by atoms with van der Waals surface area (Å²) in [7, 11) is 0. The van der Waals surface area contributed by atoms with Crippen LogP contribution < -0.4 is 10.5 Å². The minimum atomic E-state index is 0.640. The normalized spacial score (nSPS) is 10.5. The topological polar surface area (TPSA) is 48.1 Å². The van der Waals surface area contributed by atoms with E-state index in [1.807, 2.05) is 60.8 Å². The number of nitrogens with two attached hydrogens (primary N) is 1. The molecule has 21 heavy (non-hydrogen) atoms. The molecule has 0 saturated heterocycles. The van der Waals surface area contributed by atoms with Crippen LogP contribution in [0.5, 0.6) is 5.75 Å². The van der Waals surface area contributed by atoms with Gasteiger partial charge in [0.25, 0.3) is 0 Å². The lowest BCUT2D eigenvalue weighted by atomic mass is 10.1. The van der Waals surface area contributed by atoms with E-state index in [1.165, 1.54) is 0 Å². The summed E-state index contributed by atoms with van der Waals surface area (Å²) in [5, 5.41) is 2.97. The number of rotatable bonds is 4. The molecule has 0 fully saturated rings. The average Bonchev–Trinajstić information content (AvgIpc) is 2.98. The Labute approximate surface area is 128 Å². The van der Waals surface area contributed by atoms with E-state index < -0.39 is 0 Å². The Hall–Kier alpha value is -2.33. The standard InChI is InChI=1S/C17H16N2OS/c1-2-20-16-10-6-4-8-13(16)17-19-15(11-21-17)12-7-3-5-9-14(12)18/h3-11H,2,18H2,1H3. The van der Waals surface area contributed by atoms with Gasteiger partial charge in [0.1, 0.15) is 10.8 Å². The molecule has 0 unspecified atom stereocenters. The molecule has 0 spiro atoms. The summed E-state index contributed by atoms with van der Waals surface area (Å²) < 4.78 is 5.67. The zero-order valence-corrected chi connectivity index (χ0v) is 12.6. The van der Waals surface area contributed by atoms with Crippen molar-refractivity contribution in [2.24, 2.45) is 0 Å². The Balaban J connectivity index is 2.01. The van der Waals surface area contributed by atoms with Gasteiger partial charge in [-0.3, -0.25) is 0 Å². The smallest absolute Gasteiger partial charge is 0.129 e. The summed E-state index contributed by atoms with van der Waals surface area (Å²) in [5.74, 6) is 0.863. The molecule has 1 heterocycles. The van der Waals surface area contributed by atoms with Gasteiger partial charge in [-0.2, -0.15) is 0 Å². The zero-order valence-electron chi connectivity index (χ0n) is 11.7. The molecule has 3 nitrogen and oxygen atoms in total. The quantitative estimate of drug-likeness (QED) is 0.723. The molecule has 0 aliphatic rings. The van der Waals surface area contributed by atoms with Crippen LogP contribution >= 0.6 is 11.3 Å². The van der Waals surface area contributed by atoms with Gasteiger partial charge in [0.05, 0.1) is 17.9 Å². The summed E-state index contributed by atoms with van der Waals surface area (Å²) in [6.07, 6.45) is 0. The lowest BCUT2D eigenvalue weighted by Crippen LogP contribution is -1.93. The molecule has 2 aromatic carbocycles. The number of hydrogen-bond donors (Lipinski definition) is 1. The van der Waals surface area contributed by atoms with Crippen LogP contribution in [0, 0.1) is 0 Å². The van der Waals surface area contributed by atoms with Crippen molar-refractivity contribution < 1.29 is 4.74 Å².